The Bertz CT molecular complexity index is 3270. The van der Waals surface area contributed by atoms with Gasteiger partial charge in [0.05, 0.1) is 5.69 Å². The second kappa shape index (κ2) is 16.0. The molecular formula is C62H50N2O2. The first-order valence-electron chi connectivity index (χ1n) is 23.2. The number of fused-ring (bicyclic) bond motifs is 5. The molecule has 0 saturated carbocycles. The van der Waals surface area contributed by atoms with Crippen LogP contribution in [0.5, 0.6) is 11.5 Å². The Hall–Kier alpha value is -7.82. The third-order valence-corrected chi connectivity index (χ3v) is 13.9. The Morgan fingerprint density at radius 3 is 2.03 bits per heavy atom. The maximum Gasteiger partial charge on any atom is 0.130 e. The predicted octanol–water partition coefficient (Wildman–Crippen LogP) is 15.8. The first-order valence-corrected chi connectivity index (χ1v) is 23.2. The fraction of sp³-hybridized carbons (Fsp3) is 0.129. The Morgan fingerprint density at radius 1 is 0.545 bits per heavy atom. The normalized spacial score (nSPS) is 17.3. The van der Waals surface area contributed by atoms with Gasteiger partial charge in [-0.2, -0.15) is 0 Å². The molecule has 3 aliphatic carbocycles. The van der Waals surface area contributed by atoms with Crippen LogP contribution >= 0.6 is 0 Å². The van der Waals surface area contributed by atoms with Gasteiger partial charge in [0, 0.05) is 68.6 Å². The highest BCUT2D eigenvalue weighted by atomic mass is 16.5. The number of allylic oxidation sites excluding steroid dienone is 4. The molecule has 0 amide bonds. The van der Waals surface area contributed by atoms with Crippen molar-refractivity contribution in [3.8, 4) is 33.8 Å². The molecule has 4 heteroatoms. The minimum absolute atomic E-state index is 0.133. The van der Waals surface area contributed by atoms with E-state index in [1.54, 1.807) is 0 Å². The molecule has 8 aromatic carbocycles. The number of rotatable bonds is 9. The molecule has 0 radical (unpaired) electrons. The predicted molar refractivity (Wildman–Crippen MR) is 273 cm³/mol. The van der Waals surface area contributed by atoms with Crippen LogP contribution in [0.15, 0.2) is 224 Å². The smallest absolute Gasteiger partial charge is 0.130 e. The molecule has 0 N–H and O–H groups in total. The van der Waals surface area contributed by atoms with Crippen molar-refractivity contribution in [1.82, 2.24) is 0 Å². The third kappa shape index (κ3) is 6.75. The van der Waals surface area contributed by atoms with Gasteiger partial charge in [-0.15, -0.1) is 0 Å². The molecule has 0 bridgehead atoms. The lowest BCUT2D eigenvalue weighted by Gasteiger charge is -2.37. The quantitative estimate of drug-likeness (QED) is 0.144. The molecule has 12 rings (SSSR count). The fourth-order valence-corrected chi connectivity index (χ4v) is 10.8. The lowest BCUT2D eigenvalue weighted by Crippen LogP contribution is -2.30. The zero-order valence-corrected chi connectivity index (χ0v) is 37.5. The molecule has 320 valence electrons. The monoisotopic (exact) mass is 854 g/mol. The van der Waals surface area contributed by atoms with Crippen LogP contribution in [0.3, 0.4) is 0 Å². The number of hydrogen-bond donors (Lipinski definition) is 0. The summed E-state index contributed by atoms with van der Waals surface area (Å²) in [6.45, 7) is 6.90. The van der Waals surface area contributed by atoms with Crippen molar-refractivity contribution in [2.24, 2.45) is 0 Å². The van der Waals surface area contributed by atoms with Gasteiger partial charge in [-0.25, -0.2) is 0 Å². The topological polar surface area (TPSA) is 24.9 Å². The van der Waals surface area contributed by atoms with Crippen LogP contribution in [0, 0.1) is 6.92 Å². The van der Waals surface area contributed by atoms with Crippen LogP contribution in [0.25, 0.3) is 38.6 Å². The van der Waals surface area contributed by atoms with Crippen molar-refractivity contribution in [3.05, 3.63) is 246 Å². The molecule has 2 atom stereocenters. The Balaban J connectivity index is 0.910. The highest BCUT2D eigenvalue weighted by Gasteiger charge is 2.37. The minimum atomic E-state index is -0.172. The highest BCUT2D eigenvalue weighted by Crippen LogP contribution is 2.52. The summed E-state index contributed by atoms with van der Waals surface area (Å²) in [4.78, 5) is 4.82. The van der Waals surface area contributed by atoms with Gasteiger partial charge in [-0.3, -0.25) is 0 Å². The average Bonchev–Trinajstić information content (AvgIpc) is 3.59. The summed E-state index contributed by atoms with van der Waals surface area (Å²) in [7, 11) is 0. The lowest BCUT2D eigenvalue weighted by molar-refractivity contribution is 0.248. The maximum absolute atomic E-state index is 7.11. The van der Waals surface area contributed by atoms with Crippen molar-refractivity contribution in [1.29, 1.82) is 0 Å². The summed E-state index contributed by atoms with van der Waals surface area (Å²) in [5, 5.41) is 2.16. The summed E-state index contributed by atoms with van der Waals surface area (Å²) in [5.74, 6) is 1.74. The van der Waals surface area contributed by atoms with Crippen LogP contribution in [0.2, 0.25) is 0 Å². The van der Waals surface area contributed by atoms with E-state index in [0.717, 1.165) is 51.4 Å². The summed E-state index contributed by atoms with van der Waals surface area (Å²) >= 11 is 0. The molecule has 4 nitrogen and oxygen atoms in total. The maximum atomic E-state index is 7.11. The summed E-state index contributed by atoms with van der Waals surface area (Å²) in [6, 6.07) is 65.6. The molecule has 4 aliphatic rings. The van der Waals surface area contributed by atoms with Gasteiger partial charge in [0.1, 0.15) is 23.7 Å². The Morgan fingerprint density at radius 2 is 1.24 bits per heavy atom. The largest absolute Gasteiger partial charge is 0.485 e. The van der Waals surface area contributed by atoms with Crippen LogP contribution in [-0.2, 0) is 5.41 Å². The molecule has 0 aromatic heterocycles. The van der Waals surface area contributed by atoms with Gasteiger partial charge < -0.3 is 19.3 Å². The van der Waals surface area contributed by atoms with E-state index >= 15 is 0 Å². The summed E-state index contributed by atoms with van der Waals surface area (Å²) in [5.41, 5.74) is 18.1. The molecular weight excluding hydrogens is 805 g/mol. The average molecular weight is 855 g/mol. The van der Waals surface area contributed by atoms with Gasteiger partial charge in [0.2, 0.25) is 0 Å². The van der Waals surface area contributed by atoms with E-state index in [4.69, 9.17) is 9.47 Å². The Kier molecular flexibility index (Phi) is 9.64. The molecule has 0 saturated heterocycles. The molecule has 1 heterocycles. The second-order valence-electron chi connectivity index (χ2n) is 18.4. The number of aryl methyl sites for hydroxylation is 1. The van der Waals surface area contributed by atoms with Crippen molar-refractivity contribution in [2.75, 3.05) is 9.80 Å². The van der Waals surface area contributed by atoms with Crippen LogP contribution in [0.4, 0.5) is 22.7 Å². The van der Waals surface area contributed by atoms with E-state index in [0.29, 0.717) is 6.42 Å². The fourth-order valence-electron chi connectivity index (χ4n) is 10.8. The zero-order valence-electron chi connectivity index (χ0n) is 37.5. The molecule has 66 heavy (non-hydrogen) atoms. The van der Waals surface area contributed by atoms with Gasteiger partial charge >= 0.3 is 0 Å². The van der Waals surface area contributed by atoms with Crippen molar-refractivity contribution < 1.29 is 9.47 Å². The number of para-hydroxylation sites is 2. The van der Waals surface area contributed by atoms with Crippen LogP contribution < -0.4 is 19.3 Å². The van der Waals surface area contributed by atoms with E-state index < -0.39 is 0 Å². The van der Waals surface area contributed by atoms with E-state index in [9.17, 15) is 0 Å². The molecule has 0 fully saturated rings. The SMILES string of the molecule is Cc1ccc(N(C2=CC=C3c4ccc(OC5C=CC=C(N(c6ccccc6)c6ccccc6)C5)c5cccc(c45)OC3C2)c2ccc3c(c2)C(C)(C)c2ccccc2-3)c(-c2ccccc2)c1. The number of ether oxygens (including phenoxy) is 2. The van der Waals surface area contributed by atoms with Gasteiger partial charge in [-0.05, 0) is 119 Å². The van der Waals surface area contributed by atoms with Crippen molar-refractivity contribution >= 4 is 39.1 Å². The second-order valence-corrected chi connectivity index (χ2v) is 18.4. The number of nitrogens with zero attached hydrogens (tertiary/aromatic N) is 2. The van der Waals surface area contributed by atoms with Crippen molar-refractivity contribution in [3.63, 3.8) is 0 Å². The van der Waals surface area contributed by atoms with Crippen molar-refractivity contribution in [2.45, 2.75) is 51.2 Å². The lowest BCUT2D eigenvalue weighted by atomic mass is 9.82. The van der Waals surface area contributed by atoms with E-state index in [2.05, 4.69) is 243 Å². The third-order valence-electron chi connectivity index (χ3n) is 13.9. The number of benzene rings is 8. The number of anilines is 4. The van der Waals surface area contributed by atoms with Gasteiger partial charge in [0.25, 0.3) is 0 Å². The summed E-state index contributed by atoms with van der Waals surface area (Å²) in [6.07, 6.45) is 12.2. The van der Waals surface area contributed by atoms with Crippen LogP contribution in [0.1, 0.15) is 48.9 Å². The minimum Gasteiger partial charge on any atom is -0.485 e. The van der Waals surface area contributed by atoms with Crippen LogP contribution in [-0.4, -0.2) is 12.2 Å². The van der Waals surface area contributed by atoms with E-state index in [1.807, 2.05) is 0 Å². The van der Waals surface area contributed by atoms with Gasteiger partial charge in [0.15, 0.2) is 0 Å². The highest BCUT2D eigenvalue weighted by molar-refractivity contribution is 6.04. The zero-order chi connectivity index (χ0) is 44.4. The Labute approximate surface area is 387 Å². The number of hydrogen-bond acceptors (Lipinski definition) is 4. The first-order chi connectivity index (χ1) is 32.4. The first kappa shape index (κ1) is 39.7. The van der Waals surface area contributed by atoms with Gasteiger partial charge in [-0.1, -0.05) is 153 Å². The van der Waals surface area contributed by atoms with E-state index in [1.165, 1.54) is 61.5 Å². The van der Waals surface area contributed by atoms with E-state index in [-0.39, 0.29) is 17.6 Å². The molecule has 1 aliphatic heterocycles. The summed E-state index contributed by atoms with van der Waals surface area (Å²) < 4.78 is 14.1. The molecule has 0 spiro atoms. The molecule has 8 aromatic rings. The molecule has 2 unspecified atom stereocenters. The standard InChI is InChI=1S/C62H50N2O2/c1-41-29-35-57(54(37-41)42-17-7-4-8-18-42)64(46-30-32-50-49-25-13-14-27-55(49)62(2,3)56(50)39-46)47-31-33-51-52-34-36-58(53-26-16-28-59(61(52)53)66-60(51)40-47)65-48-24-15-23-45(38-48)63(43-19-9-5-10-20-43)44-21-11-6-12-22-44/h4-37,39,48,60H,38,40H2,1-3H3.